The molecule has 0 saturated heterocycles. The van der Waals surface area contributed by atoms with Crippen LogP contribution in [-0.4, -0.2) is 35.8 Å². The van der Waals surface area contributed by atoms with Gasteiger partial charge in [0.2, 0.25) is 0 Å². The zero-order valence-corrected chi connectivity index (χ0v) is 16.3. The number of nitriles is 2. The number of nitrogens with zero attached hydrogens (tertiary/aromatic N) is 2. The van der Waals surface area contributed by atoms with Crippen molar-refractivity contribution < 1.29 is 19.2 Å². The highest BCUT2D eigenvalue weighted by atomic mass is 16.2. The van der Waals surface area contributed by atoms with Crippen LogP contribution in [0.15, 0.2) is 24.3 Å². The van der Waals surface area contributed by atoms with E-state index >= 15 is 0 Å². The van der Waals surface area contributed by atoms with Crippen molar-refractivity contribution in [3.8, 4) is 12.1 Å². The van der Waals surface area contributed by atoms with E-state index in [9.17, 15) is 19.2 Å². The topological polar surface area (TPSA) is 188 Å². The Bertz CT molecular complexity index is 886. The molecule has 0 fully saturated rings. The van der Waals surface area contributed by atoms with Gasteiger partial charge in [0.05, 0.1) is 12.1 Å². The number of anilines is 2. The lowest BCUT2D eigenvalue weighted by Gasteiger charge is -2.15. The van der Waals surface area contributed by atoms with Crippen LogP contribution in [0.25, 0.3) is 0 Å². The molecule has 30 heavy (non-hydrogen) atoms. The second-order valence-corrected chi connectivity index (χ2v) is 6.48. The second-order valence-electron chi connectivity index (χ2n) is 6.48. The Labute approximate surface area is 172 Å². The lowest BCUT2D eigenvalue weighted by atomic mass is 9.91. The van der Waals surface area contributed by atoms with E-state index in [1.807, 2.05) is 0 Å². The summed E-state index contributed by atoms with van der Waals surface area (Å²) in [4.78, 5) is 46.1. The molecule has 10 heteroatoms. The van der Waals surface area contributed by atoms with Gasteiger partial charge in [0.15, 0.2) is 0 Å². The SMILES string of the molecule is CC(C(=N)C(=O)Nc1cccc(NC(=O)C(=N)C(C)C(C#N)C=O)c1)C(C#N)C=O. The third-order valence-corrected chi connectivity index (χ3v) is 4.45. The fourth-order valence-electron chi connectivity index (χ4n) is 2.36. The highest BCUT2D eigenvalue weighted by Crippen LogP contribution is 2.18. The van der Waals surface area contributed by atoms with Crippen LogP contribution in [0.1, 0.15) is 13.8 Å². The highest BCUT2D eigenvalue weighted by molar-refractivity contribution is 6.43. The molecule has 0 spiro atoms. The van der Waals surface area contributed by atoms with Gasteiger partial charge in [0.1, 0.15) is 35.8 Å². The first-order chi connectivity index (χ1) is 14.2. The Kier molecular flexibility index (Phi) is 8.73. The number of carbonyl (C=O) groups is 4. The number of hydrogen-bond acceptors (Lipinski definition) is 8. The fourth-order valence-corrected chi connectivity index (χ4v) is 2.36. The minimum atomic E-state index is -1.12. The Hall–Kier alpha value is -4.18. The van der Waals surface area contributed by atoms with Crippen LogP contribution in [0.3, 0.4) is 0 Å². The van der Waals surface area contributed by atoms with E-state index in [0.29, 0.717) is 12.6 Å². The van der Waals surface area contributed by atoms with E-state index in [1.54, 1.807) is 12.1 Å². The molecule has 0 aliphatic carbocycles. The largest absolute Gasteiger partial charge is 0.321 e. The first kappa shape index (κ1) is 23.9. The molecule has 1 aromatic carbocycles. The standard InChI is InChI=1S/C20H20N6O4/c1-11(13(7-21)9-27)17(23)19(29)25-15-4-3-5-16(6-15)26-20(30)18(24)12(2)14(8-22)10-28/h3-6,9-14,23-24H,1-2H3,(H,25,29)(H,26,30). The summed E-state index contributed by atoms with van der Waals surface area (Å²) in [6.45, 7) is 2.84. The van der Waals surface area contributed by atoms with E-state index in [0.717, 1.165) is 0 Å². The zero-order chi connectivity index (χ0) is 22.8. The van der Waals surface area contributed by atoms with Crippen molar-refractivity contribution in [2.75, 3.05) is 10.6 Å². The van der Waals surface area contributed by atoms with E-state index in [1.165, 1.54) is 38.1 Å². The molecular formula is C20H20N6O4. The normalized spacial score (nSPS) is 13.9. The number of benzene rings is 1. The van der Waals surface area contributed by atoms with Gasteiger partial charge in [-0.3, -0.25) is 20.4 Å². The molecule has 154 valence electrons. The van der Waals surface area contributed by atoms with E-state index in [4.69, 9.17) is 21.3 Å². The van der Waals surface area contributed by atoms with Crippen LogP contribution in [-0.2, 0) is 19.2 Å². The van der Waals surface area contributed by atoms with E-state index < -0.39 is 46.9 Å². The summed E-state index contributed by atoms with van der Waals surface area (Å²) in [5.74, 6) is -5.66. The number of hydrogen-bond donors (Lipinski definition) is 4. The molecule has 0 aromatic heterocycles. The molecule has 4 N–H and O–H groups in total. The molecule has 0 aliphatic rings. The average molecular weight is 408 g/mol. The molecule has 0 radical (unpaired) electrons. The van der Waals surface area contributed by atoms with Gasteiger partial charge in [-0.25, -0.2) is 0 Å². The van der Waals surface area contributed by atoms with Crippen LogP contribution in [0, 0.1) is 57.2 Å². The van der Waals surface area contributed by atoms with Crippen molar-refractivity contribution in [1.82, 2.24) is 0 Å². The smallest absolute Gasteiger partial charge is 0.269 e. The van der Waals surface area contributed by atoms with Crippen molar-refractivity contribution >= 4 is 47.2 Å². The summed E-state index contributed by atoms with van der Waals surface area (Å²) < 4.78 is 0. The van der Waals surface area contributed by atoms with Crippen molar-refractivity contribution in [2.45, 2.75) is 13.8 Å². The van der Waals surface area contributed by atoms with Gasteiger partial charge in [0.25, 0.3) is 11.8 Å². The van der Waals surface area contributed by atoms with Crippen LogP contribution >= 0.6 is 0 Å². The highest BCUT2D eigenvalue weighted by Gasteiger charge is 2.26. The van der Waals surface area contributed by atoms with Crippen molar-refractivity contribution in [2.24, 2.45) is 23.7 Å². The second kappa shape index (κ2) is 11.0. The molecule has 4 unspecified atom stereocenters. The summed E-state index contributed by atoms with van der Waals surface area (Å²) >= 11 is 0. The van der Waals surface area contributed by atoms with Crippen LogP contribution in [0.2, 0.25) is 0 Å². The lowest BCUT2D eigenvalue weighted by Crippen LogP contribution is -2.32. The maximum atomic E-state index is 12.2. The lowest BCUT2D eigenvalue weighted by molar-refractivity contribution is -0.112. The predicted octanol–water partition coefficient (Wildman–Crippen LogP) is 1.55. The van der Waals surface area contributed by atoms with Crippen LogP contribution in [0.5, 0.6) is 0 Å². The number of nitrogens with one attached hydrogen (secondary N) is 4. The minimum Gasteiger partial charge on any atom is -0.321 e. The van der Waals surface area contributed by atoms with Crippen LogP contribution in [0.4, 0.5) is 11.4 Å². The van der Waals surface area contributed by atoms with Gasteiger partial charge < -0.3 is 20.2 Å². The Balaban J connectivity index is 2.86. The number of carbonyl (C=O) groups excluding carboxylic acids is 4. The molecule has 0 bridgehead atoms. The predicted molar refractivity (Wildman–Crippen MR) is 108 cm³/mol. The van der Waals surface area contributed by atoms with Crippen molar-refractivity contribution in [3.05, 3.63) is 24.3 Å². The number of aldehydes is 2. The summed E-state index contributed by atoms with van der Waals surface area (Å²) in [5.41, 5.74) is -0.432. The van der Waals surface area contributed by atoms with Gasteiger partial charge in [-0.1, -0.05) is 19.9 Å². The first-order valence-electron chi connectivity index (χ1n) is 8.79. The van der Waals surface area contributed by atoms with Crippen molar-refractivity contribution in [1.29, 1.82) is 21.3 Å². The first-order valence-corrected chi connectivity index (χ1v) is 8.79. The Morgan fingerprint density at radius 1 is 0.900 bits per heavy atom. The molecule has 4 atom stereocenters. The Morgan fingerprint density at radius 2 is 1.27 bits per heavy atom. The number of rotatable bonds is 10. The quantitative estimate of drug-likeness (QED) is 0.335. The molecular weight excluding hydrogens is 388 g/mol. The monoisotopic (exact) mass is 408 g/mol. The molecule has 10 nitrogen and oxygen atoms in total. The molecule has 2 amide bonds. The molecule has 1 aromatic rings. The maximum absolute atomic E-state index is 12.2. The summed E-state index contributed by atoms with van der Waals surface area (Å²) in [6.07, 6.45) is 0.750. The van der Waals surface area contributed by atoms with Crippen LogP contribution < -0.4 is 10.6 Å². The maximum Gasteiger partial charge on any atom is 0.269 e. The van der Waals surface area contributed by atoms with E-state index in [-0.39, 0.29) is 11.4 Å². The summed E-state index contributed by atoms with van der Waals surface area (Å²) in [7, 11) is 0. The molecule has 0 aliphatic heterocycles. The summed E-state index contributed by atoms with van der Waals surface area (Å²) in [6, 6.07) is 9.33. The van der Waals surface area contributed by atoms with Gasteiger partial charge >= 0.3 is 0 Å². The minimum absolute atomic E-state index is 0.233. The van der Waals surface area contributed by atoms with E-state index in [2.05, 4.69) is 10.6 Å². The third-order valence-electron chi connectivity index (χ3n) is 4.45. The van der Waals surface area contributed by atoms with Crippen molar-refractivity contribution in [3.63, 3.8) is 0 Å². The molecule has 1 rings (SSSR count). The summed E-state index contributed by atoms with van der Waals surface area (Å²) in [5, 5.41) is 38.4. The molecule has 0 heterocycles. The van der Waals surface area contributed by atoms with Gasteiger partial charge in [0, 0.05) is 23.2 Å². The third kappa shape index (κ3) is 5.91. The zero-order valence-electron chi connectivity index (χ0n) is 16.3. The Morgan fingerprint density at radius 3 is 1.57 bits per heavy atom. The van der Waals surface area contributed by atoms with Gasteiger partial charge in [-0.05, 0) is 18.2 Å². The van der Waals surface area contributed by atoms with Gasteiger partial charge in [-0.2, -0.15) is 10.5 Å². The number of amides is 2. The molecule has 0 saturated carbocycles. The average Bonchev–Trinajstić information content (AvgIpc) is 2.74. The van der Waals surface area contributed by atoms with Gasteiger partial charge in [-0.15, -0.1) is 0 Å². The fraction of sp³-hybridized carbons (Fsp3) is 0.300.